The Labute approximate surface area is 96.2 Å². The molecule has 0 heterocycles. The van der Waals surface area contributed by atoms with E-state index in [0.29, 0.717) is 6.04 Å². The van der Waals surface area contributed by atoms with Crippen molar-refractivity contribution in [1.82, 2.24) is 4.90 Å². The third-order valence-corrected chi connectivity index (χ3v) is 3.43. The first-order valence-corrected chi connectivity index (χ1v) is 6.55. The summed E-state index contributed by atoms with van der Waals surface area (Å²) in [6, 6.07) is 0.630. The average molecular weight is 214 g/mol. The van der Waals surface area contributed by atoms with E-state index in [-0.39, 0.29) is 0 Å². The summed E-state index contributed by atoms with van der Waals surface area (Å²) in [6.07, 6.45) is 6.49. The Balaban J connectivity index is 3.83. The SMILES string of the molecule is CCCCC(CC)CN(C)C(C)CCN. The van der Waals surface area contributed by atoms with Crippen molar-refractivity contribution in [2.24, 2.45) is 11.7 Å². The van der Waals surface area contributed by atoms with Gasteiger partial charge in [0.2, 0.25) is 0 Å². The fourth-order valence-electron chi connectivity index (χ4n) is 1.97. The van der Waals surface area contributed by atoms with Crippen molar-refractivity contribution >= 4 is 0 Å². The molecule has 2 N–H and O–H groups in total. The highest BCUT2D eigenvalue weighted by atomic mass is 15.1. The lowest BCUT2D eigenvalue weighted by Gasteiger charge is -2.28. The average Bonchev–Trinajstić information content (AvgIpc) is 2.24. The highest BCUT2D eigenvalue weighted by Gasteiger charge is 2.13. The standard InChI is InChI=1S/C13H30N2/c1-5-7-8-13(6-2)11-15(4)12(3)9-10-14/h12-13H,5-11,14H2,1-4H3. The number of unbranched alkanes of at least 4 members (excludes halogenated alkanes) is 1. The van der Waals surface area contributed by atoms with E-state index in [1.165, 1.54) is 32.2 Å². The summed E-state index contributed by atoms with van der Waals surface area (Å²) < 4.78 is 0. The molecule has 0 saturated carbocycles. The van der Waals surface area contributed by atoms with Gasteiger partial charge in [-0.2, -0.15) is 0 Å². The summed E-state index contributed by atoms with van der Waals surface area (Å²) in [5.41, 5.74) is 5.58. The molecule has 15 heavy (non-hydrogen) atoms. The van der Waals surface area contributed by atoms with Crippen LogP contribution in [0.1, 0.15) is 52.9 Å². The van der Waals surface area contributed by atoms with Crippen LogP contribution in [0.25, 0.3) is 0 Å². The molecule has 2 heteroatoms. The molecule has 0 bridgehead atoms. The van der Waals surface area contributed by atoms with Crippen LogP contribution in [0.3, 0.4) is 0 Å². The molecule has 92 valence electrons. The fraction of sp³-hybridized carbons (Fsp3) is 1.00. The van der Waals surface area contributed by atoms with Gasteiger partial charge < -0.3 is 10.6 Å². The van der Waals surface area contributed by atoms with E-state index in [1.807, 2.05) is 0 Å². The Morgan fingerprint density at radius 1 is 1.20 bits per heavy atom. The van der Waals surface area contributed by atoms with Crippen molar-refractivity contribution in [3.8, 4) is 0 Å². The fourth-order valence-corrected chi connectivity index (χ4v) is 1.97. The lowest BCUT2D eigenvalue weighted by atomic mass is 9.98. The lowest BCUT2D eigenvalue weighted by molar-refractivity contribution is 0.201. The predicted molar refractivity (Wildman–Crippen MR) is 69.1 cm³/mol. The molecule has 2 atom stereocenters. The van der Waals surface area contributed by atoms with Crippen molar-refractivity contribution in [3.05, 3.63) is 0 Å². The zero-order valence-electron chi connectivity index (χ0n) is 11.1. The highest BCUT2D eigenvalue weighted by molar-refractivity contribution is 4.68. The summed E-state index contributed by atoms with van der Waals surface area (Å²) in [7, 11) is 2.23. The van der Waals surface area contributed by atoms with Gasteiger partial charge in [0.05, 0.1) is 0 Å². The zero-order chi connectivity index (χ0) is 11.7. The van der Waals surface area contributed by atoms with E-state index in [1.54, 1.807) is 0 Å². The molecule has 0 aromatic carbocycles. The van der Waals surface area contributed by atoms with Crippen molar-refractivity contribution in [2.75, 3.05) is 20.1 Å². The van der Waals surface area contributed by atoms with Crippen molar-refractivity contribution in [2.45, 2.75) is 58.9 Å². The third kappa shape index (κ3) is 6.91. The first kappa shape index (κ1) is 14.9. The largest absolute Gasteiger partial charge is 0.330 e. The van der Waals surface area contributed by atoms with Gasteiger partial charge in [0.15, 0.2) is 0 Å². The minimum absolute atomic E-state index is 0.630. The lowest BCUT2D eigenvalue weighted by Crippen LogP contribution is -2.34. The Morgan fingerprint density at radius 2 is 1.87 bits per heavy atom. The molecule has 0 aromatic rings. The minimum atomic E-state index is 0.630. The second-order valence-corrected chi connectivity index (χ2v) is 4.78. The topological polar surface area (TPSA) is 29.3 Å². The molecule has 0 rings (SSSR count). The number of nitrogens with two attached hydrogens (primary N) is 1. The summed E-state index contributed by atoms with van der Waals surface area (Å²) in [5.74, 6) is 0.871. The molecule has 0 fully saturated rings. The maximum atomic E-state index is 5.58. The Morgan fingerprint density at radius 3 is 2.33 bits per heavy atom. The first-order valence-electron chi connectivity index (χ1n) is 6.55. The van der Waals surface area contributed by atoms with Crippen molar-refractivity contribution < 1.29 is 0 Å². The molecule has 0 radical (unpaired) electrons. The van der Waals surface area contributed by atoms with Crippen molar-refractivity contribution in [1.29, 1.82) is 0 Å². The van der Waals surface area contributed by atoms with Gasteiger partial charge in [-0.25, -0.2) is 0 Å². The van der Waals surface area contributed by atoms with Crippen LogP contribution in [0.4, 0.5) is 0 Å². The van der Waals surface area contributed by atoms with Crippen LogP contribution in [0.2, 0.25) is 0 Å². The van der Waals surface area contributed by atoms with E-state index in [4.69, 9.17) is 5.73 Å². The van der Waals surface area contributed by atoms with Crippen LogP contribution < -0.4 is 5.73 Å². The molecule has 0 aliphatic heterocycles. The molecule has 0 amide bonds. The Kier molecular flexibility index (Phi) is 9.12. The minimum Gasteiger partial charge on any atom is -0.330 e. The van der Waals surface area contributed by atoms with Gasteiger partial charge in [0.25, 0.3) is 0 Å². The summed E-state index contributed by atoms with van der Waals surface area (Å²) in [5, 5.41) is 0. The maximum absolute atomic E-state index is 5.58. The molecule has 0 aliphatic rings. The molecule has 0 aliphatic carbocycles. The van der Waals surface area contributed by atoms with Crippen LogP contribution in [0.15, 0.2) is 0 Å². The van der Waals surface area contributed by atoms with E-state index in [2.05, 4.69) is 32.7 Å². The summed E-state index contributed by atoms with van der Waals surface area (Å²) in [4.78, 5) is 2.47. The number of hydrogen-bond acceptors (Lipinski definition) is 2. The second-order valence-electron chi connectivity index (χ2n) is 4.78. The molecular weight excluding hydrogens is 184 g/mol. The van der Waals surface area contributed by atoms with Gasteiger partial charge in [-0.05, 0) is 39.3 Å². The number of rotatable bonds is 9. The van der Waals surface area contributed by atoms with Crippen LogP contribution in [0, 0.1) is 5.92 Å². The van der Waals surface area contributed by atoms with E-state index >= 15 is 0 Å². The molecule has 0 spiro atoms. The molecule has 2 nitrogen and oxygen atoms in total. The number of nitrogens with zero attached hydrogens (tertiary/aromatic N) is 1. The first-order chi connectivity index (χ1) is 7.15. The normalized spacial score (nSPS) is 15.6. The summed E-state index contributed by atoms with van der Waals surface area (Å²) >= 11 is 0. The van der Waals surface area contributed by atoms with Gasteiger partial charge in [-0.15, -0.1) is 0 Å². The quantitative estimate of drug-likeness (QED) is 0.639. The molecule has 0 saturated heterocycles. The van der Waals surface area contributed by atoms with Gasteiger partial charge in [-0.3, -0.25) is 0 Å². The van der Waals surface area contributed by atoms with E-state index < -0.39 is 0 Å². The second kappa shape index (κ2) is 9.17. The predicted octanol–water partition coefficient (Wildman–Crippen LogP) is 2.87. The third-order valence-electron chi connectivity index (χ3n) is 3.43. The van der Waals surface area contributed by atoms with Gasteiger partial charge >= 0.3 is 0 Å². The van der Waals surface area contributed by atoms with Gasteiger partial charge in [0.1, 0.15) is 0 Å². The zero-order valence-corrected chi connectivity index (χ0v) is 11.1. The molecule has 2 unspecified atom stereocenters. The van der Waals surface area contributed by atoms with Gasteiger partial charge in [-0.1, -0.05) is 33.1 Å². The smallest absolute Gasteiger partial charge is 0.00760 e. The van der Waals surface area contributed by atoms with E-state index in [0.717, 1.165) is 18.9 Å². The van der Waals surface area contributed by atoms with Crippen LogP contribution in [-0.4, -0.2) is 31.1 Å². The van der Waals surface area contributed by atoms with Crippen LogP contribution >= 0.6 is 0 Å². The van der Waals surface area contributed by atoms with Crippen LogP contribution in [0.5, 0.6) is 0 Å². The van der Waals surface area contributed by atoms with Gasteiger partial charge in [0, 0.05) is 12.6 Å². The highest BCUT2D eigenvalue weighted by Crippen LogP contribution is 2.15. The van der Waals surface area contributed by atoms with E-state index in [9.17, 15) is 0 Å². The summed E-state index contributed by atoms with van der Waals surface area (Å²) in [6.45, 7) is 8.89. The van der Waals surface area contributed by atoms with Crippen LogP contribution in [-0.2, 0) is 0 Å². The maximum Gasteiger partial charge on any atom is 0.00760 e. The molecular formula is C13H30N2. The Hall–Kier alpha value is -0.0800. The monoisotopic (exact) mass is 214 g/mol. The van der Waals surface area contributed by atoms with Crippen molar-refractivity contribution in [3.63, 3.8) is 0 Å². The Bertz CT molecular complexity index is 136. The molecule has 0 aromatic heterocycles. The number of hydrogen-bond donors (Lipinski definition) is 1.